The third kappa shape index (κ3) is 8.44. The molecule has 11 heteroatoms. The number of carbonyl (C=O) groups excluding carboxylic acids is 1. The number of aromatic nitrogens is 1. The van der Waals surface area contributed by atoms with Crippen LogP contribution < -0.4 is 15.0 Å². The highest BCUT2D eigenvalue weighted by Crippen LogP contribution is 2.31. The Labute approximate surface area is 233 Å². The van der Waals surface area contributed by atoms with Gasteiger partial charge in [-0.1, -0.05) is 48.0 Å². The van der Waals surface area contributed by atoms with Crippen molar-refractivity contribution in [2.24, 2.45) is 0 Å². The van der Waals surface area contributed by atoms with Crippen molar-refractivity contribution in [3.8, 4) is 17.0 Å². The monoisotopic (exact) mass is 575 g/mol. The van der Waals surface area contributed by atoms with Crippen molar-refractivity contribution in [3.05, 3.63) is 99.9 Å². The van der Waals surface area contributed by atoms with Gasteiger partial charge in [0.05, 0.1) is 12.3 Å². The van der Waals surface area contributed by atoms with Gasteiger partial charge in [-0.2, -0.15) is 0 Å². The van der Waals surface area contributed by atoms with Gasteiger partial charge in [0.15, 0.2) is 5.13 Å². The second kappa shape index (κ2) is 13.0. The summed E-state index contributed by atoms with van der Waals surface area (Å²) in [6, 6.07) is 20.3. The number of amides is 1. The van der Waals surface area contributed by atoms with Crippen molar-refractivity contribution in [2.45, 2.75) is 19.5 Å². The van der Waals surface area contributed by atoms with E-state index in [4.69, 9.17) is 21.3 Å². The minimum atomic E-state index is -4.78. The van der Waals surface area contributed by atoms with Crippen molar-refractivity contribution in [3.63, 3.8) is 0 Å². The van der Waals surface area contributed by atoms with Crippen LogP contribution in [0.1, 0.15) is 21.5 Å². The maximum Gasteiger partial charge on any atom is 0.573 e. The number of nitrogens with zero attached hydrogens (tertiary/aromatic N) is 2. The number of ether oxygens (including phenoxy) is 2. The first-order valence-corrected chi connectivity index (χ1v) is 13.1. The average molecular weight is 576 g/mol. The van der Waals surface area contributed by atoms with Crippen molar-refractivity contribution in [1.82, 2.24) is 10.3 Å². The third-order valence-electron chi connectivity index (χ3n) is 5.59. The van der Waals surface area contributed by atoms with Crippen molar-refractivity contribution >= 4 is 34.0 Å². The molecule has 0 spiro atoms. The number of nitrogens with one attached hydrogen (secondary N) is 1. The molecule has 0 aliphatic rings. The summed E-state index contributed by atoms with van der Waals surface area (Å²) in [5.74, 6) is -0.491. The molecule has 39 heavy (non-hydrogen) atoms. The highest BCUT2D eigenvalue weighted by atomic mass is 35.5. The molecule has 0 aliphatic heterocycles. The zero-order chi connectivity index (χ0) is 27.8. The quantitative estimate of drug-likeness (QED) is 0.196. The molecular formula is C28H25ClF3N3O3S. The molecule has 1 amide bonds. The Balaban J connectivity index is 1.57. The Morgan fingerprint density at radius 2 is 1.74 bits per heavy atom. The lowest BCUT2D eigenvalue weighted by Crippen LogP contribution is -2.27. The van der Waals surface area contributed by atoms with Crippen LogP contribution in [0.4, 0.5) is 18.3 Å². The van der Waals surface area contributed by atoms with Crippen LogP contribution in [0.3, 0.4) is 0 Å². The second-order valence-electron chi connectivity index (χ2n) is 8.52. The summed E-state index contributed by atoms with van der Waals surface area (Å²) < 4.78 is 47.4. The van der Waals surface area contributed by atoms with E-state index in [1.807, 2.05) is 34.5 Å². The number of rotatable bonds is 11. The predicted octanol–water partition coefficient (Wildman–Crippen LogP) is 6.95. The summed E-state index contributed by atoms with van der Waals surface area (Å²) in [5, 5.41) is 6.00. The number of hydrogen-bond donors (Lipinski definition) is 1. The van der Waals surface area contributed by atoms with E-state index in [0.717, 1.165) is 16.8 Å². The largest absolute Gasteiger partial charge is 0.573 e. The number of methoxy groups -OCH3 is 1. The van der Waals surface area contributed by atoms with Crippen LogP contribution in [0.15, 0.2) is 78.2 Å². The van der Waals surface area contributed by atoms with Crippen LogP contribution in [-0.4, -0.2) is 37.5 Å². The van der Waals surface area contributed by atoms with Crippen LogP contribution in [0.5, 0.6) is 5.75 Å². The zero-order valence-electron chi connectivity index (χ0n) is 20.9. The van der Waals surface area contributed by atoms with E-state index >= 15 is 0 Å². The maximum atomic E-state index is 12.8. The molecule has 6 nitrogen and oxygen atoms in total. The van der Waals surface area contributed by atoms with Gasteiger partial charge in [-0.25, -0.2) is 4.98 Å². The van der Waals surface area contributed by atoms with Gasteiger partial charge < -0.3 is 19.7 Å². The van der Waals surface area contributed by atoms with Crippen LogP contribution in [0, 0.1) is 0 Å². The minimum Gasteiger partial charge on any atom is -0.406 e. The molecule has 0 saturated heterocycles. The van der Waals surface area contributed by atoms with Gasteiger partial charge in [0.1, 0.15) is 5.75 Å². The number of anilines is 1. The molecule has 0 fully saturated rings. The molecule has 4 aromatic rings. The first kappa shape index (κ1) is 28.4. The molecule has 1 N–H and O–H groups in total. The summed E-state index contributed by atoms with van der Waals surface area (Å²) in [7, 11) is 1.56. The summed E-state index contributed by atoms with van der Waals surface area (Å²) in [5.41, 5.74) is 3.68. The number of carbonyl (C=O) groups is 1. The van der Waals surface area contributed by atoms with Gasteiger partial charge in [0, 0.05) is 48.3 Å². The number of halogens is 4. The van der Waals surface area contributed by atoms with Crippen molar-refractivity contribution < 1.29 is 27.4 Å². The van der Waals surface area contributed by atoms with E-state index < -0.39 is 6.36 Å². The predicted molar refractivity (Wildman–Crippen MR) is 146 cm³/mol. The Hall–Kier alpha value is -3.60. The van der Waals surface area contributed by atoms with Crippen molar-refractivity contribution in [1.29, 1.82) is 0 Å². The molecule has 204 valence electrons. The van der Waals surface area contributed by atoms with E-state index in [1.165, 1.54) is 29.5 Å². The minimum absolute atomic E-state index is 0.204. The van der Waals surface area contributed by atoms with Crippen LogP contribution in [-0.2, 0) is 17.8 Å². The van der Waals surface area contributed by atoms with Crippen molar-refractivity contribution in [2.75, 3.05) is 25.2 Å². The third-order valence-corrected chi connectivity index (χ3v) is 6.74. The zero-order valence-corrected chi connectivity index (χ0v) is 22.4. The normalized spacial score (nSPS) is 11.3. The van der Waals surface area contributed by atoms with Gasteiger partial charge in [-0.3, -0.25) is 4.79 Å². The highest BCUT2D eigenvalue weighted by molar-refractivity contribution is 7.14. The first-order chi connectivity index (χ1) is 18.7. The second-order valence-corrected chi connectivity index (χ2v) is 9.79. The summed E-state index contributed by atoms with van der Waals surface area (Å²) in [6.07, 6.45) is -4.78. The fourth-order valence-electron chi connectivity index (χ4n) is 3.77. The standard InChI is InChI=1S/C28H25ClF3N3O3S/c1-37-14-13-33-26(36)22-7-5-19(6-8-22)16-35(17-20-3-2-4-24(15-20)38-28(30,31)32)27-34-25(18-39-27)21-9-11-23(29)12-10-21/h2-12,15,18H,13-14,16-17H2,1H3,(H,33,36). The lowest BCUT2D eigenvalue weighted by molar-refractivity contribution is -0.274. The molecule has 4 rings (SSSR count). The van der Waals surface area contributed by atoms with E-state index in [2.05, 4.69) is 10.1 Å². The summed E-state index contributed by atoms with van der Waals surface area (Å²) in [4.78, 5) is 19.1. The average Bonchev–Trinajstić information content (AvgIpc) is 3.39. The van der Waals surface area contributed by atoms with E-state index in [1.54, 1.807) is 37.4 Å². The molecule has 0 atom stereocenters. The van der Waals surface area contributed by atoms with E-state index in [-0.39, 0.29) is 18.2 Å². The molecule has 1 heterocycles. The number of benzene rings is 3. The molecule has 0 radical (unpaired) electrons. The SMILES string of the molecule is COCCNC(=O)c1ccc(CN(Cc2cccc(OC(F)(F)F)c2)c2nc(-c3ccc(Cl)cc3)cs2)cc1. The van der Waals surface area contributed by atoms with Gasteiger partial charge in [0.25, 0.3) is 5.91 Å². The van der Waals surface area contributed by atoms with Crippen LogP contribution in [0.25, 0.3) is 11.3 Å². The highest BCUT2D eigenvalue weighted by Gasteiger charge is 2.31. The first-order valence-electron chi connectivity index (χ1n) is 11.9. The fourth-order valence-corrected chi connectivity index (χ4v) is 4.73. The number of hydrogen-bond acceptors (Lipinski definition) is 6. The molecule has 3 aromatic carbocycles. The van der Waals surface area contributed by atoms with Gasteiger partial charge >= 0.3 is 6.36 Å². The van der Waals surface area contributed by atoms with Crippen LogP contribution >= 0.6 is 22.9 Å². The number of alkyl halides is 3. The molecule has 1 aromatic heterocycles. The molecular weight excluding hydrogens is 551 g/mol. The Morgan fingerprint density at radius 3 is 2.44 bits per heavy atom. The Kier molecular flexibility index (Phi) is 9.45. The van der Waals surface area contributed by atoms with Gasteiger partial charge in [-0.15, -0.1) is 24.5 Å². The van der Waals surface area contributed by atoms with E-state index in [0.29, 0.717) is 41.0 Å². The summed E-state index contributed by atoms with van der Waals surface area (Å²) in [6.45, 7) is 1.51. The van der Waals surface area contributed by atoms with Crippen LogP contribution in [0.2, 0.25) is 5.02 Å². The number of thiazole rings is 1. The Bertz CT molecular complexity index is 1380. The van der Waals surface area contributed by atoms with Gasteiger partial charge in [0.2, 0.25) is 0 Å². The lowest BCUT2D eigenvalue weighted by atomic mass is 10.1. The topological polar surface area (TPSA) is 63.7 Å². The fraction of sp³-hybridized carbons (Fsp3) is 0.214. The molecule has 0 unspecified atom stereocenters. The smallest absolute Gasteiger partial charge is 0.406 e. The molecule has 0 bridgehead atoms. The summed E-state index contributed by atoms with van der Waals surface area (Å²) >= 11 is 7.44. The Morgan fingerprint density at radius 1 is 1.03 bits per heavy atom. The lowest BCUT2D eigenvalue weighted by Gasteiger charge is -2.23. The molecule has 0 aliphatic carbocycles. The van der Waals surface area contributed by atoms with Gasteiger partial charge in [-0.05, 0) is 47.5 Å². The maximum absolute atomic E-state index is 12.8. The van der Waals surface area contributed by atoms with E-state index in [9.17, 15) is 18.0 Å². The molecule has 0 saturated carbocycles.